The monoisotopic (exact) mass is 808 g/mol. The summed E-state index contributed by atoms with van der Waals surface area (Å²) < 4.78 is 69.2. The van der Waals surface area contributed by atoms with Gasteiger partial charge in [0, 0.05) is 19.8 Å². The van der Waals surface area contributed by atoms with Crippen molar-refractivity contribution in [3.8, 4) is 0 Å². The van der Waals surface area contributed by atoms with Crippen LogP contribution in [0.2, 0.25) is 0 Å². The third-order valence-corrected chi connectivity index (χ3v) is 9.57. The van der Waals surface area contributed by atoms with Crippen LogP contribution in [0, 0.1) is 22.7 Å². The zero-order chi connectivity index (χ0) is 41.6. The standard InChI is InChI=1S/C32H49N4O18P/c1-9-45-27(40)31(14-49-21(7)37,28(41)46-10-2)16-52-55(44,53-17-32(15-50-22(8)38,29(42)47-11-3)30(43)48-12-4)51-13-23-19(5)20(6)26(54-23)36-18-34-25(35-36)24(33)39/h18-20,23,26H,9-17H2,1-8H3,(H2,33,39)/t19?,20?,23-,26-/m1/s1. The van der Waals surface area contributed by atoms with Crippen molar-refractivity contribution in [1.29, 1.82) is 0 Å². The summed E-state index contributed by atoms with van der Waals surface area (Å²) in [5.74, 6) is -8.87. The van der Waals surface area contributed by atoms with E-state index in [9.17, 15) is 38.1 Å². The minimum Gasteiger partial charge on any atom is -0.465 e. The Morgan fingerprint density at radius 2 is 1.13 bits per heavy atom. The lowest BCUT2D eigenvalue weighted by atomic mass is 9.90. The highest BCUT2D eigenvalue weighted by Crippen LogP contribution is 2.53. The third-order valence-electron chi connectivity index (χ3n) is 8.21. The van der Waals surface area contributed by atoms with Crippen LogP contribution in [0.1, 0.15) is 72.2 Å². The van der Waals surface area contributed by atoms with Gasteiger partial charge in [0.15, 0.2) is 6.23 Å². The fraction of sp³-hybridized carbons (Fsp3) is 0.719. The molecule has 0 spiro atoms. The normalized spacial score (nSPS) is 18.5. The van der Waals surface area contributed by atoms with Gasteiger partial charge in [0.25, 0.3) is 5.91 Å². The predicted molar refractivity (Wildman–Crippen MR) is 181 cm³/mol. The SMILES string of the molecule is CCOC(=O)C(COC(C)=O)(COP(=O)(OC[C@H]1O[C@@H](n2cnc(C(N)=O)n2)C(C)C1C)OCC(COC(C)=O)(C(=O)OCC)C(=O)OCC)C(=O)OCC. The number of carbonyl (C=O) groups excluding carboxylic acids is 7. The first kappa shape index (κ1) is 46.7. The average molecular weight is 809 g/mol. The van der Waals surface area contributed by atoms with Crippen LogP contribution in [-0.2, 0) is 80.1 Å². The van der Waals surface area contributed by atoms with Crippen LogP contribution in [0.25, 0.3) is 0 Å². The second kappa shape index (κ2) is 21.0. The molecular weight excluding hydrogens is 759 g/mol. The predicted octanol–water partition coefficient (Wildman–Crippen LogP) is 1.06. The fourth-order valence-corrected chi connectivity index (χ4v) is 6.24. The van der Waals surface area contributed by atoms with E-state index in [4.69, 9.17) is 52.5 Å². The van der Waals surface area contributed by atoms with Crippen molar-refractivity contribution in [3.05, 3.63) is 12.2 Å². The second-order valence-electron chi connectivity index (χ2n) is 12.1. The van der Waals surface area contributed by atoms with Gasteiger partial charge in [0.1, 0.15) is 19.5 Å². The molecule has 2 heterocycles. The zero-order valence-corrected chi connectivity index (χ0v) is 32.9. The first-order chi connectivity index (χ1) is 25.9. The molecule has 1 saturated heterocycles. The largest absolute Gasteiger partial charge is 0.474 e. The first-order valence-electron chi connectivity index (χ1n) is 17.2. The minimum absolute atomic E-state index is 0.258. The fourth-order valence-electron chi connectivity index (χ4n) is 4.93. The quantitative estimate of drug-likeness (QED) is 0.0699. The number of phosphoric ester groups is 1. The van der Waals surface area contributed by atoms with Crippen molar-refractivity contribution < 1.29 is 84.9 Å². The molecule has 0 bridgehead atoms. The van der Waals surface area contributed by atoms with E-state index in [1.165, 1.54) is 38.7 Å². The Bertz CT molecular complexity index is 1480. The summed E-state index contributed by atoms with van der Waals surface area (Å²) in [6, 6.07) is 0. The minimum atomic E-state index is -5.23. The number of hydrogen-bond donors (Lipinski definition) is 1. The summed E-state index contributed by atoms with van der Waals surface area (Å²) in [6.07, 6.45) is -0.503. The van der Waals surface area contributed by atoms with E-state index in [1.807, 2.05) is 0 Å². The van der Waals surface area contributed by atoms with Gasteiger partial charge in [-0.1, -0.05) is 13.8 Å². The highest BCUT2D eigenvalue weighted by molar-refractivity contribution is 7.48. The number of esters is 6. The van der Waals surface area contributed by atoms with Crippen LogP contribution in [0.3, 0.4) is 0 Å². The Morgan fingerprint density at radius 3 is 1.47 bits per heavy atom. The number of amides is 1. The number of nitrogens with two attached hydrogens (primary N) is 1. The van der Waals surface area contributed by atoms with Crippen molar-refractivity contribution in [2.75, 3.05) is 59.5 Å². The maximum Gasteiger partial charge on any atom is 0.474 e. The summed E-state index contributed by atoms with van der Waals surface area (Å²) in [4.78, 5) is 92.6. The Labute approximate surface area is 316 Å². The third kappa shape index (κ3) is 12.0. The van der Waals surface area contributed by atoms with Crippen LogP contribution >= 0.6 is 7.82 Å². The van der Waals surface area contributed by atoms with Crippen LogP contribution in [0.4, 0.5) is 0 Å². The molecule has 0 radical (unpaired) electrons. The molecular formula is C32H49N4O18P. The van der Waals surface area contributed by atoms with Crippen LogP contribution in [0.15, 0.2) is 6.33 Å². The molecule has 2 rings (SSSR count). The Hall–Kier alpha value is -4.50. The average Bonchev–Trinajstić information content (AvgIpc) is 3.72. The Morgan fingerprint density at radius 1 is 0.709 bits per heavy atom. The van der Waals surface area contributed by atoms with Crippen molar-refractivity contribution in [3.63, 3.8) is 0 Å². The number of rotatable bonds is 23. The van der Waals surface area contributed by atoms with Crippen molar-refractivity contribution in [1.82, 2.24) is 14.8 Å². The van der Waals surface area contributed by atoms with Gasteiger partial charge in [0.2, 0.25) is 16.7 Å². The molecule has 0 aromatic carbocycles. The number of phosphoric acid groups is 1. The smallest absolute Gasteiger partial charge is 0.465 e. The number of aromatic nitrogens is 3. The van der Waals surface area contributed by atoms with Gasteiger partial charge >= 0.3 is 43.6 Å². The molecule has 2 unspecified atom stereocenters. The van der Waals surface area contributed by atoms with Crippen molar-refractivity contribution in [2.24, 2.45) is 28.4 Å². The van der Waals surface area contributed by atoms with Gasteiger partial charge in [-0.2, -0.15) is 0 Å². The highest BCUT2D eigenvalue weighted by Gasteiger charge is 2.56. The summed E-state index contributed by atoms with van der Waals surface area (Å²) in [7, 11) is -5.23. The Balaban J connectivity index is 2.63. The number of carbonyl (C=O) groups is 7. The topological polar surface area (TPSA) is 286 Å². The molecule has 2 N–H and O–H groups in total. The highest BCUT2D eigenvalue weighted by atomic mass is 31.2. The summed E-state index contributed by atoms with van der Waals surface area (Å²) >= 11 is 0. The van der Waals surface area contributed by atoms with E-state index in [0.717, 1.165) is 13.8 Å². The second-order valence-corrected chi connectivity index (χ2v) is 13.8. The van der Waals surface area contributed by atoms with Gasteiger partial charge in [-0.3, -0.25) is 47.1 Å². The van der Waals surface area contributed by atoms with Crippen LogP contribution in [-0.4, -0.2) is 122 Å². The molecule has 0 saturated carbocycles. The molecule has 4 atom stereocenters. The molecule has 1 aliphatic heterocycles. The molecule has 55 heavy (non-hydrogen) atoms. The number of primary amides is 1. The molecule has 1 fully saturated rings. The number of nitrogens with zero attached hydrogens (tertiary/aromatic N) is 3. The van der Waals surface area contributed by atoms with E-state index in [0.29, 0.717) is 0 Å². The van der Waals surface area contributed by atoms with Gasteiger partial charge < -0.3 is 38.9 Å². The maximum atomic E-state index is 14.7. The maximum absolute atomic E-state index is 14.7. The van der Waals surface area contributed by atoms with E-state index in [1.54, 1.807) is 13.8 Å². The molecule has 22 nitrogen and oxygen atoms in total. The zero-order valence-electron chi connectivity index (χ0n) is 32.0. The van der Waals surface area contributed by atoms with E-state index in [2.05, 4.69) is 10.1 Å². The molecule has 1 aliphatic rings. The number of hydrogen-bond acceptors (Lipinski definition) is 20. The molecule has 1 aromatic rings. The van der Waals surface area contributed by atoms with Crippen LogP contribution < -0.4 is 5.73 Å². The summed E-state index contributed by atoms with van der Waals surface area (Å²) in [6.45, 7) is 5.17. The molecule has 310 valence electrons. The molecule has 23 heteroatoms. The van der Waals surface area contributed by atoms with Crippen LogP contribution in [0.5, 0.6) is 0 Å². The first-order valence-corrected chi connectivity index (χ1v) is 18.7. The molecule has 1 aromatic heterocycles. The van der Waals surface area contributed by atoms with E-state index < -0.39 is 106 Å². The summed E-state index contributed by atoms with van der Waals surface area (Å²) in [5, 5.41) is 4.03. The van der Waals surface area contributed by atoms with Crippen molar-refractivity contribution in [2.45, 2.75) is 67.7 Å². The van der Waals surface area contributed by atoms with Gasteiger partial charge in [-0.25, -0.2) is 14.2 Å². The van der Waals surface area contributed by atoms with E-state index >= 15 is 0 Å². The lowest BCUT2D eigenvalue weighted by Crippen LogP contribution is -2.50. The molecule has 1 amide bonds. The lowest BCUT2D eigenvalue weighted by Gasteiger charge is -2.32. The number of ether oxygens (including phenoxy) is 7. The Kier molecular flexibility index (Phi) is 17.8. The van der Waals surface area contributed by atoms with E-state index in [-0.39, 0.29) is 44.1 Å². The van der Waals surface area contributed by atoms with Crippen molar-refractivity contribution >= 4 is 49.5 Å². The lowest BCUT2D eigenvalue weighted by molar-refractivity contribution is -0.182. The van der Waals surface area contributed by atoms with Gasteiger partial charge in [0.05, 0.1) is 52.4 Å². The van der Waals surface area contributed by atoms with Gasteiger partial charge in [-0.15, -0.1) is 5.10 Å². The molecule has 0 aliphatic carbocycles. The van der Waals surface area contributed by atoms with Gasteiger partial charge in [-0.05, 0) is 33.6 Å². The summed E-state index contributed by atoms with van der Waals surface area (Å²) in [5.41, 5.74) is 0.0800.